The molecule has 2 aromatic rings. The van der Waals surface area contributed by atoms with Gasteiger partial charge in [0.05, 0.1) is 13.2 Å². The Morgan fingerprint density at radius 2 is 1.00 bits per heavy atom. The molecule has 0 fully saturated rings. The number of hydrogen-bond donors (Lipinski definition) is 2. The summed E-state index contributed by atoms with van der Waals surface area (Å²) in [7, 11) is 0. The Bertz CT molecular complexity index is 843. The minimum atomic E-state index is -0.740. The summed E-state index contributed by atoms with van der Waals surface area (Å²) in [5.41, 5.74) is 0.586. The molecule has 35 heavy (non-hydrogen) atoms. The Morgan fingerprint density at radius 1 is 0.686 bits per heavy atom. The summed E-state index contributed by atoms with van der Waals surface area (Å²) >= 11 is 26.8. The molecule has 0 aromatic heterocycles. The molecule has 0 aliphatic heterocycles. The molecule has 8 heteroatoms. The molecular formula is C27H36Cl4O4. The van der Waals surface area contributed by atoms with Gasteiger partial charge in [-0.15, -0.1) is 0 Å². The van der Waals surface area contributed by atoms with Crippen LogP contribution < -0.4 is 9.47 Å². The van der Waals surface area contributed by atoms with E-state index in [-0.39, 0.29) is 25.4 Å². The molecule has 2 unspecified atom stereocenters. The Kier molecular flexibility index (Phi) is 12.3. The highest BCUT2D eigenvalue weighted by molar-refractivity contribution is 6.38. The molecule has 196 valence electrons. The summed E-state index contributed by atoms with van der Waals surface area (Å²) in [5.74, 6) is 0.996. The summed E-state index contributed by atoms with van der Waals surface area (Å²) in [6.45, 7) is 7.90. The molecule has 0 radical (unpaired) electrons. The van der Waals surface area contributed by atoms with Crippen LogP contribution in [0.2, 0.25) is 20.1 Å². The van der Waals surface area contributed by atoms with Crippen molar-refractivity contribution >= 4 is 46.4 Å². The van der Waals surface area contributed by atoms with Crippen molar-refractivity contribution in [1.29, 1.82) is 0 Å². The van der Waals surface area contributed by atoms with E-state index in [1.165, 1.54) is 0 Å². The zero-order valence-corrected chi connectivity index (χ0v) is 23.9. The van der Waals surface area contributed by atoms with Crippen LogP contribution in [0.5, 0.6) is 11.5 Å². The quantitative estimate of drug-likeness (QED) is 0.241. The van der Waals surface area contributed by atoms with Crippen LogP contribution in [-0.4, -0.2) is 35.6 Å². The van der Waals surface area contributed by atoms with Gasteiger partial charge in [-0.1, -0.05) is 86.9 Å². The van der Waals surface area contributed by atoms with E-state index in [9.17, 15) is 10.2 Å². The van der Waals surface area contributed by atoms with Gasteiger partial charge in [-0.25, -0.2) is 0 Å². The number of rotatable bonds is 14. The second-order valence-electron chi connectivity index (χ2n) is 9.28. The van der Waals surface area contributed by atoms with Crippen LogP contribution in [0, 0.1) is 0 Å². The van der Waals surface area contributed by atoms with E-state index in [4.69, 9.17) is 55.9 Å². The van der Waals surface area contributed by atoms with Crippen molar-refractivity contribution in [1.82, 2.24) is 0 Å². The molecule has 2 rings (SSSR count). The zero-order chi connectivity index (χ0) is 26.2. The van der Waals surface area contributed by atoms with E-state index in [1.807, 2.05) is 13.8 Å². The van der Waals surface area contributed by atoms with Gasteiger partial charge in [0.2, 0.25) is 0 Å². The summed E-state index contributed by atoms with van der Waals surface area (Å²) < 4.78 is 11.9. The topological polar surface area (TPSA) is 58.9 Å². The van der Waals surface area contributed by atoms with E-state index >= 15 is 0 Å². The van der Waals surface area contributed by atoms with Gasteiger partial charge >= 0.3 is 0 Å². The fraction of sp³-hybridized carbons (Fsp3) is 0.556. The first-order valence-electron chi connectivity index (χ1n) is 12.1. The maximum atomic E-state index is 9.64. The van der Waals surface area contributed by atoms with Gasteiger partial charge in [-0.3, -0.25) is 0 Å². The first kappa shape index (κ1) is 30.3. The maximum absolute atomic E-state index is 9.64. The van der Waals surface area contributed by atoms with Crippen molar-refractivity contribution < 1.29 is 19.7 Å². The van der Waals surface area contributed by atoms with Crippen LogP contribution in [0.25, 0.3) is 0 Å². The molecule has 0 saturated heterocycles. The lowest BCUT2D eigenvalue weighted by Crippen LogP contribution is -2.23. The van der Waals surface area contributed by atoms with Gasteiger partial charge in [0.15, 0.2) is 0 Å². The van der Waals surface area contributed by atoms with Crippen molar-refractivity contribution in [3.63, 3.8) is 0 Å². The molecule has 0 bridgehead atoms. The summed E-state index contributed by atoms with van der Waals surface area (Å²) in [4.78, 5) is 0. The minimum absolute atomic E-state index is 0.0856. The molecule has 0 spiro atoms. The van der Waals surface area contributed by atoms with Crippen LogP contribution in [0.4, 0.5) is 0 Å². The second-order valence-corrected chi connectivity index (χ2v) is 10.9. The maximum Gasteiger partial charge on any atom is 0.122 e. The van der Waals surface area contributed by atoms with Crippen molar-refractivity contribution in [2.75, 3.05) is 13.2 Å². The van der Waals surface area contributed by atoms with Crippen LogP contribution in [0.1, 0.15) is 77.3 Å². The van der Waals surface area contributed by atoms with Crippen LogP contribution in [0.15, 0.2) is 24.3 Å². The number of aliphatic hydroxyl groups excluding tert-OH is 2. The monoisotopic (exact) mass is 564 g/mol. The Morgan fingerprint density at radius 3 is 1.26 bits per heavy atom. The molecule has 0 aliphatic carbocycles. The summed E-state index contributed by atoms with van der Waals surface area (Å²) in [6.07, 6.45) is 4.77. The Balaban J connectivity index is 2.37. The predicted octanol–water partition coefficient (Wildman–Crippen LogP) is 8.49. The highest BCUT2D eigenvalue weighted by atomic mass is 35.5. The normalized spacial score (nSPS) is 13.5. The molecule has 4 nitrogen and oxygen atoms in total. The number of unbranched alkanes of at least 4 members (excludes halogenated alkanes) is 2. The molecular weight excluding hydrogens is 530 g/mol. The van der Waals surface area contributed by atoms with Gasteiger partial charge in [-0.05, 0) is 61.1 Å². The molecule has 0 aliphatic rings. The third-order valence-corrected chi connectivity index (χ3v) is 7.25. The van der Waals surface area contributed by atoms with Crippen molar-refractivity contribution in [2.24, 2.45) is 0 Å². The van der Waals surface area contributed by atoms with E-state index in [2.05, 4.69) is 13.8 Å². The largest absolute Gasteiger partial charge is 0.488 e. The van der Waals surface area contributed by atoms with Crippen molar-refractivity contribution in [3.8, 4) is 11.5 Å². The van der Waals surface area contributed by atoms with Crippen LogP contribution >= 0.6 is 46.4 Å². The number of hydrogen-bond acceptors (Lipinski definition) is 4. The van der Waals surface area contributed by atoms with E-state index in [1.54, 1.807) is 24.3 Å². The van der Waals surface area contributed by atoms with Gasteiger partial charge in [-0.2, -0.15) is 0 Å². The van der Waals surface area contributed by atoms with Gasteiger partial charge in [0.25, 0.3) is 0 Å². The Labute approximate surface area is 229 Å². The standard InChI is InChI=1S/C27H36Cl4O4/c1-5-7-9-17(15-32)34-19-11-21(28)25(22(29)12-19)27(3,4)26-23(30)13-20(14-24(26)31)35-18(16-33)10-8-6-2/h11-14,17-18,32-33H,5-10,15-16H2,1-4H3. The predicted molar refractivity (Wildman–Crippen MR) is 147 cm³/mol. The molecule has 0 heterocycles. The van der Waals surface area contributed by atoms with Gasteiger partial charge in [0.1, 0.15) is 23.7 Å². The molecule has 0 amide bonds. The van der Waals surface area contributed by atoms with Crippen LogP contribution in [-0.2, 0) is 5.41 Å². The van der Waals surface area contributed by atoms with Crippen molar-refractivity contribution in [3.05, 3.63) is 55.5 Å². The third-order valence-electron chi connectivity index (χ3n) is 6.05. The number of halogens is 4. The van der Waals surface area contributed by atoms with E-state index in [0.717, 1.165) is 38.5 Å². The Hall–Kier alpha value is -0.880. The smallest absolute Gasteiger partial charge is 0.122 e. The highest BCUT2D eigenvalue weighted by Crippen LogP contribution is 2.47. The molecule has 2 atom stereocenters. The first-order valence-corrected chi connectivity index (χ1v) is 13.6. The average molecular weight is 566 g/mol. The minimum Gasteiger partial charge on any atom is -0.488 e. The van der Waals surface area contributed by atoms with E-state index in [0.29, 0.717) is 42.7 Å². The van der Waals surface area contributed by atoms with Crippen LogP contribution in [0.3, 0.4) is 0 Å². The molecule has 0 saturated carbocycles. The molecule has 2 aromatic carbocycles. The van der Waals surface area contributed by atoms with Crippen molar-refractivity contribution in [2.45, 2.75) is 83.8 Å². The van der Waals surface area contributed by atoms with Gasteiger partial charge in [0, 0.05) is 25.5 Å². The first-order chi connectivity index (χ1) is 16.6. The fourth-order valence-electron chi connectivity index (χ4n) is 4.18. The number of benzene rings is 2. The second kappa shape index (κ2) is 14.2. The number of aliphatic hydroxyl groups is 2. The number of ether oxygens (including phenoxy) is 2. The SMILES string of the molecule is CCCCC(CO)Oc1cc(Cl)c(C(C)(C)c2c(Cl)cc(OC(CO)CCCC)cc2Cl)c(Cl)c1. The van der Waals surface area contributed by atoms with E-state index < -0.39 is 5.41 Å². The lowest BCUT2D eigenvalue weighted by Gasteiger charge is -2.31. The zero-order valence-electron chi connectivity index (χ0n) is 20.8. The molecule has 2 N–H and O–H groups in total. The van der Waals surface area contributed by atoms with Gasteiger partial charge < -0.3 is 19.7 Å². The highest BCUT2D eigenvalue weighted by Gasteiger charge is 2.33. The average Bonchev–Trinajstić information content (AvgIpc) is 2.77. The lowest BCUT2D eigenvalue weighted by molar-refractivity contribution is 0.106. The summed E-state index contributed by atoms with van der Waals surface area (Å²) in [5, 5.41) is 20.9. The summed E-state index contributed by atoms with van der Waals surface area (Å²) in [6, 6.07) is 6.83. The lowest BCUT2D eigenvalue weighted by atomic mass is 9.77. The third kappa shape index (κ3) is 8.05. The fourth-order valence-corrected chi connectivity index (χ4v) is 6.06.